The van der Waals surface area contributed by atoms with Crippen LogP contribution < -0.4 is 16.4 Å². The van der Waals surface area contributed by atoms with Crippen LogP contribution in [0.25, 0.3) is 0 Å². The molecule has 0 fully saturated rings. The van der Waals surface area contributed by atoms with E-state index in [0.717, 1.165) is 11.3 Å². The average molecular weight is 290 g/mol. The van der Waals surface area contributed by atoms with Crippen LogP contribution in [-0.2, 0) is 9.59 Å². The van der Waals surface area contributed by atoms with Crippen molar-refractivity contribution in [1.82, 2.24) is 4.98 Å². The topological polar surface area (TPSA) is 97.1 Å². The van der Waals surface area contributed by atoms with Crippen LogP contribution in [0.4, 0.5) is 16.5 Å². The van der Waals surface area contributed by atoms with Gasteiger partial charge in [-0.2, -0.15) is 0 Å². The van der Waals surface area contributed by atoms with E-state index < -0.39 is 11.8 Å². The average Bonchev–Trinajstić information content (AvgIpc) is 2.79. The lowest BCUT2D eigenvalue weighted by atomic mass is 10.2. The molecule has 6 nitrogen and oxygen atoms in total. The van der Waals surface area contributed by atoms with Gasteiger partial charge in [-0.3, -0.25) is 14.9 Å². The van der Waals surface area contributed by atoms with Crippen molar-refractivity contribution in [2.24, 2.45) is 0 Å². The van der Waals surface area contributed by atoms with E-state index in [9.17, 15) is 9.59 Å². The number of amides is 2. The van der Waals surface area contributed by atoms with Gasteiger partial charge >= 0.3 is 11.8 Å². The predicted molar refractivity (Wildman–Crippen MR) is 79.7 cm³/mol. The Bertz CT molecular complexity index is 666. The van der Waals surface area contributed by atoms with Gasteiger partial charge in [0.2, 0.25) is 0 Å². The van der Waals surface area contributed by atoms with Gasteiger partial charge in [0.25, 0.3) is 0 Å². The maximum Gasteiger partial charge on any atom is 0.315 e. The van der Waals surface area contributed by atoms with Crippen LogP contribution in [0.3, 0.4) is 0 Å². The number of carbonyl (C=O) groups is 2. The second kappa shape index (κ2) is 5.70. The maximum atomic E-state index is 11.8. The number of benzene rings is 1. The highest BCUT2D eigenvalue weighted by molar-refractivity contribution is 7.14. The van der Waals surface area contributed by atoms with Crippen molar-refractivity contribution in [2.45, 2.75) is 13.8 Å². The molecule has 0 aliphatic rings. The first-order chi connectivity index (χ1) is 9.45. The smallest absolute Gasteiger partial charge is 0.315 e. The molecule has 0 aliphatic heterocycles. The lowest BCUT2D eigenvalue weighted by molar-refractivity contribution is -0.132. The van der Waals surface area contributed by atoms with Crippen LogP contribution in [0.2, 0.25) is 0 Å². The van der Waals surface area contributed by atoms with Crippen molar-refractivity contribution >= 4 is 39.7 Å². The first-order valence-corrected chi connectivity index (χ1v) is 6.74. The van der Waals surface area contributed by atoms with Crippen molar-refractivity contribution in [3.05, 3.63) is 34.8 Å². The highest BCUT2D eigenvalue weighted by atomic mass is 32.1. The number of hydrogen-bond donors (Lipinski definition) is 3. The van der Waals surface area contributed by atoms with E-state index in [-0.39, 0.29) is 0 Å². The molecule has 4 N–H and O–H groups in total. The van der Waals surface area contributed by atoms with E-state index in [2.05, 4.69) is 15.6 Å². The van der Waals surface area contributed by atoms with Gasteiger partial charge in [0.1, 0.15) is 0 Å². The molecule has 0 aliphatic carbocycles. The number of rotatable bonds is 2. The quantitative estimate of drug-likeness (QED) is 0.581. The van der Waals surface area contributed by atoms with Gasteiger partial charge in [0, 0.05) is 5.38 Å². The van der Waals surface area contributed by atoms with Crippen LogP contribution in [0, 0.1) is 13.8 Å². The Morgan fingerprint density at radius 2 is 1.90 bits per heavy atom. The van der Waals surface area contributed by atoms with Gasteiger partial charge in [-0.25, -0.2) is 4.98 Å². The number of nitrogens with zero attached hydrogens (tertiary/aromatic N) is 1. The summed E-state index contributed by atoms with van der Waals surface area (Å²) >= 11 is 1.26. The molecule has 2 amide bonds. The van der Waals surface area contributed by atoms with Gasteiger partial charge in [0.15, 0.2) is 5.13 Å². The largest absolute Gasteiger partial charge is 0.397 e. The molecule has 1 heterocycles. The molecule has 0 saturated carbocycles. The number of hydrogen-bond acceptors (Lipinski definition) is 5. The zero-order chi connectivity index (χ0) is 14.7. The summed E-state index contributed by atoms with van der Waals surface area (Å²) in [5.41, 5.74) is 8.28. The van der Waals surface area contributed by atoms with E-state index in [1.54, 1.807) is 24.4 Å². The Morgan fingerprint density at radius 3 is 2.55 bits per heavy atom. The van der Waals surface area contributed by atoms with E-state index in [4.69, 9.17) is 5.73 Å². The standard InChI is InChI=1S/C13H14N4O2S/c1-7-3-4-9(14)10(5-7)16-11(18)12(19)17-13-15-8(2)6-20-13/h3-6H,14H2,1-2H3,(H,16,18)(H,15,17,19). The minimum atomic E-state index is -0.782. The van der Waals surface area contributed by atoms with Crippen molar-refractivity contribution < 1.29 is 9.59 Å². The molecule has 2 aromatic rings. The third-order valence-electron chi connectivity index (χ3n) is 2.50. The van der Waals surface area contributed by atoms with Crippen LogP contribution >= 0.6 is 11.3 Å². The fourth-order valence-corrected chi connectivity index (χ4v) is 2.21. The SMILES string of the molecule is Cc1ccc(N)c(NC(=O)C(=O)Nc2nc(C)cs2)c1. The highest BCUT2D eigenvalue weighted by Gasteiger charge is 2.16. The van der Waals surface area contributed by atoms with Gasteiger partial charge in [0.05, 0.1) is 17.1 Å². The van der Waals surface area contributed by atoms with E-state index >= 15 is 0 Å². The Hall–Kier alpha value is -2.41. The minimum absolute atomic E-state index is 0.389. The molecule has 0 spiro atoms. The van der Waals surface area contributed by atoms with E-state index in [0.29, 0.717) is 16.5 Å². The molecule has 1 aromatic carbocycles. The summed E-state index contributed by atoms with van der Waals surface area (Å²) in [6.45, 7) is 3.67. The molecular weight excluding hydrogens is 276 g/mol. The number of carbonyl (C=O) groups excluding carboxylic acids is 2. The molecule has 0 saturated heterocycles. The zero-order valence-electron chi connectivity index (χ0n) is 11.1. The zero-order valence-corrected chi connectivity index (χ0v) is 11.9. The fraction of sp³-hybridized carbons (Fsp3) is 0.154. The maximum absolute atomic E-state index is 11.8. The molecule has 104 valence electrons. The summed E-state index contributed by atoms with van der Waals surface area (Å²) in [5.74, 6) is -1.56. The van der Waals surface area contributed by atoms with Crippen molar-refractivity contribution in [3.63, 3.8) is 0 Å². The van der Waals surface area contributed by atoms with Gasteiger partial charge in [-0.1, -0.05) is 6.07 Å². The molecule has 1 aromatic heterocycles. The van der Waals surface area contributed by atoms with Crippen LogP contribution in [0.15, 0.2) is 23.6 Å². The number of anilines is 3. The van der Waals surface area contributed by atoms with Crippen LogP contribution in [0.5, 0.6) is 0 Å². The van der Waals surface area contributed by atoms with Gasteiger partial charge in [-0.05, 0) is 31.5 Å². The molecule has 20 heavy (non-hydrogen) atoms. The summed E-state index contributed by atoms with van der Waals surface area (Å²) in [6.07, 6.45) is 0. The third-order valence-corrected chi connectivity index (χ3v) is 3.38. The first-order valence-electron chi connectivity index (χ1n) is 5.86. The third kappa shape index (κ3) is 3.33. The molecular formula is C13H14N4O2S. The van der Waals surface area contributed by atoms with Crippen LogP contribution in [-0.4, -0.2) is 16.8 Å². The lowest BCUT2D eigenvalue weighted by Crippen LogP contribution is -2.29. The summed E-state index contributed by atoms with van der Waals surface area (Å²) in [5, 5.41) is 7.08. The second-order valence-electron chi connectivity index (χ2n) is 4.29. The number of thiazole rings is 1. The monoisotopic (exact) mass is 290 g/mol. The number of aromatic nitrogens is 1. The Labute approximate surface area is 120 Å². The number of nitrogens with two attached hydrogens (primary N) is 1. The molecule has 0 atom stereocenters. The van der Waals surface area contributed by atoms with Crippen molar-refractivity contribution in [1.29, 1.82) is 0 Å². The van der Waals surface area contributed by atoms with Crippen molar-refractivity contribution in [3.8, 4) is 0 Å². The summed E-state index contributed by atoms with van der Waals surface area (Å²) in [4.78, 5) is 27.6. The summed E-state index contributed by atoms with van der Waals surface area (Å²) in [7, 11) is 0. The Morgan fingerprint density at radius 1 is 1.20 bits per heavy atom. The van der Waals surface area contributed by atoms with Gasteiger partial charge in [-0.15, -0.1) is 11.3 Å². The predicted octanol–water partition coefficient (Wildman–Crippen LogP) is 1.92. The molecule has 0 radical (unpaired) electrons. The number of nitrogens with one attached hydrogen (secondary N) is 2. The summed E-state index contributed by atoms with van der Waals surface area (Å²) in [6, 6.07) is 5.20. The van der Waals surface area contributed by atoms with Crippen LogP contribution in [0.1, 0.15) is 11.3 Å². The number of aryl methyl sites for hydroxylation is 2. The molecule has 0 unspecified atom stereocenters. The molecule has 2 rings (SSSR count). The molecule has 0 bridgehead atoms. The Kier molecular flexibility index (Phi) is 3.99. The number of nitrogen functional groups attached to an aromatic ring is 1. The normalized spacial score (nSPS) is 10.1. The first kappa shape index (κ1) is 14.0. The lowest BCUT2D eigenvalue weighted by Gasteiger charge is -2.08. The highest BCUT2D eigenvalue weighted by Crippen LogP contribution is 2.20. The second-order valence-corrected chi connectivity index (χ2v) is 5.15. The fourth-order valence-electron chi connectivity index (χ4n) is 1.52. The van der Waals surface area contributed by atoms with E-state index in [1.807, 2.05) is 13.0 Å². The molecule has 7 heteroatoms. The Balaban J connectivity index is 2.04. The summed E-state index contributed by atoms with van der Waals surface area (Å²) < 4.78 is 0. The minimum Gasteiger partial charge on any atom is -0.397 e. The van der Waals surface area contributed by atoms with Gasteiger partial charge < -0.3 is 11.1 Å². The van der Waals surface area contributed by atoms with E-state index in [1.165, 1.54) is 11.3 Å². The van der Waals surface area contributed by atoms with Crippen molar-refractivity contribution in [2.75, 3.05) is 16.4 Å².